The van der Waals surface area contributed by atoms with E-state index in [2.05, 4.69) is 26.3 Å². The number of pyridine rings is 1. The summed E-state index contributed by atoms with van der Waals surface area (Å²) in [6, 6.07) is 13.3. The molecule has 0 radical (unpaired) electrons. The van der Waals surface area contributed by atoms with Gasteiger partial charge in [0.25, 0.3) is 0 Å². The average molecular weight is 567 g/mol. The third kappa shape index (κ3) is 7.62. The van der Waals surface area contributed by atoms with E-state index < -0.39 is 17.6 Å². The average Bonchev–Trinajstić information content (AvgIpc) is 3.80. The highest BCUT2D eigenvalue weighted by molar-refractivity contribution is 5.94. The lowest BCUT2D eigenvalue weighted by Gasteiger charge is -2.28. The van der Waals surface area contributed by atoms with Gasteiger partial charge in [-0.2, -0.15) is 13.2 Å². The summed E-state index contributed by atoms with van der Waals surface area (Å²) in [6.45, 7) is 4.85. The number of amides is 2. The molecule has 0 spiro atoms. The minimum Gasteiger partial charge on any atom is -0.376 e. The van der Waals surface area contributed by atoms with Crippen molar-refractivity contribution in [2.24, 2.45) is 5.92 Å². The molecule has 5 rings (SSSR count). The van der Waals surface area contributed by atoms with Crippen molar-refractivity contribution in [2.45, 2.75) is 32.5 Å². The van der Waals surface area contributed by atoms with Crippen LogP contribution in [-0.2, 0) is 22.3 Å². The highest BCUT2D eigenvalue weighted by Crippen LogP contribution is 2.35. The summed E-state index contributed by atoms with van der Waals surface area (Å²) >= 11 is 0. The van der Waals surface area contributed by atoms with Gasteiger partial charge in [0.2, 0.25) is 11.8 Å². The van der Waals surface area contributed by atoms with Gasteiger partial charge in [0.05, 0.1) is 12.1 Å². The van der Waals surface area contributed by atoms with Crippen molar-refractivity contribution in [3.63, 3.8) is 0 Å². The lowest BCUT2D eigenvalue weighted by atomic mass is 10.0. The van der Waals surface area contributed by atoms with Crippen LogP contribution in [0.5, 0.6) is 0 Å². The van der Waals surface area contributed by atoms with Crippen molar-refractivity contribution in [3.8, 4) is 11.1 Å². The molecule has 41 heavy (non-hydrogen) atoms. The van der Waals surface area contributed by atoms with E-state index in [0.29, 0.717) is 24.6 Å². The fourth-order valence-electron chi connectivity index (χ4n) is 4.76. The standard InChI is InChI=1S/C30H33F3N6O2/c1-19-14-23(16-36-28(19)38-29(41)21-2-3-21)20-4-7-24(8-5-20)35-17-27(40)37-25-9-6-22(26(15-25)30(31,32)33)18-39-12-10-34-11-13-39/h4-9,14-16,21,34-35H,2-3,10-13,17-18H2,1H3,(H,37,40)(H,36,38,41). The van der Waals surface area contributed by atoms with Crippen LogP contribution in [-0.4, -0.2) is 54.4 Å². The summed E-state index contributed by atoms with van der Waals surface area (Å²) in [6.07, 6.45) is -0.971. The zero-order valence-corrected chi connectivity index (χ0v) is 22.8. The summed E-state index contributed by atoms with van der Waals surface area (Å²) in [7, 11) is 0. The molecule has 1 saturated carbocycles. The molecular weight excluding hydrogens is 533 g/mol. The molecule has 4 N–H and O–H groups in total. The van der Waals surface area contributed by atoms with E-state index in [1.54, 1.807) is 6.20 Å². The van der Waals surface area contributed by atoms with Crippen LogP contribution in [0.2, 0.25) is 0 Å². The number of aromatic nitrogens is 1. The molecule has 2 aliphatic rings. The number of benzene rings is 2. The maximum atomic E-state index is 13.8. The Morgan fingerprint density at radius 3 is 2.34 bits per heavy atom. The Hall–Kier alpha value is -3.96. The van der Waals surface area contributed by atoms with Gasteiger partial charge in [0.15, 0.2) is 0 Å². The number of carbonyl (C=O) groups is 2. The first-order valence-corrected chi connectivity index (χ1v) is 13.7. The number of hydrogen-bond donors (Lipinski definition) is 4. The van der Waals surface area contributed by atoms with Crippen LogP contribution < -0.4 is 21.3 Å². The summed E-state index contributed by atoms with van der Waals surface area (Å²) in [4.78, 5) is 30.9. The molecule has 1 aromatic heterocycles. The predicted molar refractivity (Wildman–Crippen MR) is 152 cm³/mol. The Morgan fingerprint density at radius 1 is 0.976 bits per heavy atom. The molecule has 2 heterocycles. The van der Waals surface area contributed by atoms with Crippen LogP contribution in [0.25, 0.3) is 11.1 Å². The Bertz CT molecular complexity index is 1400. The van der Waals surface area contributed by atoms with Gasteiger partial charge >= 0.3 is 6.18 Å². The number of nitrogens with zero attached hydrogens (tertiary/aromatic N) is 2. The fourth-order valence-corrected chi connectivity index (χ4v) is 4.76. The molecule has 1 aliphatic carbocycles. The number of nitrogens with one attached hydrogen (secondary N) is 4. The summed E-state index contributed by atoms with van der Waals surface area (Å²) in [5.74, 6) is 0.215. The molecule has 8 nitrogen and oxygen atoms in total. The number of anilines is 3. The van der Waals surface area contributed by atoms with E-state index in [4.69, 9.17) is 0 Å². The number of carbonyl (C=O) groups excluding carboxylic acids is 2. The van der Waals surface area contributed by atoms with Crippen molar-refractivity contribution >= 4 is 29.0 Å². The maximum absolute atomic E-state index is 13.8. The fraction of sp³-hybridized carbons (Fsp3) is 0.367. The largest absolute Gasteiger partial charge is 0.416 e. The monoisotopic (exact) mass is 566 g/mol. The number of alkyl halides is 3. The highest BCUT2D eigenvalue weighted by Gasteiger charge is 2.34. The molecule has 3 aromatic rings. The molecule has 0 bridgehead atoms. The normalized spacial score (nSPS) is 15.8. The van der Waals surface area contributed by atoms with E-state index >= 15 is 0 Å². The molecule has 1 saturated heterocycles. The first-order chi connectivity index (χ1) is 19.7. The Morgan fingerprint density at radius 2 is 1.68 bits per heavy atom. The summed E-state index contributed by atoms with van der Waals surface area (Å²) in [5.41, 5.74) is 2.90. The molecule has 0 atom stereocenters. The Kier molecular flexibility index (Phi) is 8.55. The van der Waals surface area contributed by atoms with E-state index in [1.807, 2.05) is 42.2 Å². The van der Waals surface area contributed by atoms with Gasteiger partial charge in [-0.25, -0.2) is 4.98 Å². The topological polar surface area (TPSA) is 98.4 Å². The molecular formula is C30H33F3N6O2. The van der Waals surface area contributed by atoms with Gasteiger partial charge in [0, 0.05) is 61.8 Å². The first-order valence-electron chi connectivity index (χ1n) is 13.7. The third-order valence-electron chi connectivity index (χ3n) is 7.24. The van der Waals surface area contributed by atoms with E-state index in [0.717, 1.165) is 48.7 Å². The van der Waals surface area contributed by atoms with Gasteiger partial charge in [-0.05, 0) is 66.8 Å². The predicted octanol–water partition coefficient (Wildman–Crippen LogP) is 4.88. The number of halogens is 3. The Balaban J connectivity index is 1.16. The summed E-state index contributed by atoms with van der Waals surface area (Å²) < 4.78 is 41.4. The highest BCUT2D eigenvalue weighted by atomic mass is 19.4. The van der Waals surface area contributed by atoms with Crippen LogP contribution in [0.15, 0.2) is 54.7 Å². The third-order valence-corrected chi connectivity index (χ3v) is 7.24. The Labute approximate surface area is 236 Å². The van der Waals surface area contributed by atoms with E-state index in [9.17, 15) is 22.8 Å². The second kappa shape index (κ2) is 12.3. The van der Waals surface area contributed by atoms with Gasteiger partial charge in [-0.1, -0.05) is 18.2 Å². The maximum Gasteiger partial charge on any atom is 0.416 e. The molecule has 0 unspecified atom stereocenters. The van der Waals surface area contributed by atoms with E-state index in [-0.39, 0.29) is 36.2 Å². The van der Waals surface area contributed by atoms with Crippen LogP contribution >= 0.6 is 0 Å². The molecule has 216 valence electrons. The van der Waals surface area contributed by atoms with Crippen molar-refractivity contribution in [1.29, 1.82) is 0 Å². The smallest absolute Gasteiger partial charge is 0.376 e. The van der Waals surface area contributed by atoms with Gasteiger partial charge < -0.3 is 21.3 Å². The second-order valence-corrected chi connectivity index (χ2v) is 10.5. The summed E-state index contributed by atoms with van der Waals surface area (Å²) in [5, 5.41) is 11.6. The van der Waals surface area contributed by atoms with Gasteiger partial charge in [0.1, 0.15) is 5.82 Å². The molecule has 2 amide bonds. The van der Waals surface area contributed by atoms with Crippen molar-refractivity contribution in [2.75, 3.05) is 48.7 Å². The SMILES string of the molecule is Cc1cc(-c2ccc(NCC(=O)Nc3ccc(CN4CCNCC4)c(C(F)(F)F)c3)cc2)cnc1NC(=O)C1CC1. The molecule has 11 heteroatoms. The lowest BCUT2D eigenvalue weighted by Crippen LogP contribution is -2.43. The molecule has 2 aromatic carbocycles. The van der Waals surface area contributed by atoms with E-state index in [1.165, 1.54) is 12.1 Å². The number of aryl methyl sites for hydroxylation is 1. The first kappa shape index (κ1) is 28.6. The van der Waals surface area contributed by atoms with Gasteiger partial charge in [-0.3, -0.25) is 14.5 Å². The van der Waals surface area contributed by atoms with Crippen molar-refractivity contribution < 1.29 is 22.8 Å². The van der Waals surface area contributed by atoms with Crippen molar-refractivity contribution in [3.05, 3.63) is 71.4 Å². The van der Waals surface area contributed by atoms with Crippen molar-refractivity contribution in [1.82, 2.24) is 15.2 Å². The number of piperazine rings is 1. The second-order valence-electron chi connectivity index (χ2n) is 10.5. The van der Waals surface area contributed by atoms with Crippen LogP contribution in [0, 0.1) is 12.8 Å². The zero-order chi connectivity index (χ0) is 29.0. The van der Waals surface area contributed by atoms with Crippen LogP contribution in [0.3, 0.4) is 0 Å². The molecule has 1 aliphatic heterocycles. The van der Waals surface area contributed by atoms with Crippen LogP contribution in [0.4, 0.5) is 30.4 Å². The lowest BCUT2D eigenvalue weighted by molar-refractivity contribution is -0.138. The van der Waals surface area contributed by atoms with Gasteiger partial charge in [-0.15, -0.1) is 0 Å². The number of rotatable bonds is 9. The number of hydrogen-bond acceptors (Lipinski definition) is 6. The zero-order valence-electron chi connectivity index (χ0n) is 22.8. The molecule has 2 fully saturated rings. The minimum atomic E-state index is -4.52. The minimum absolute atomic E-state index is 0.0106. The quantitative estimate of drug-likeness (QED) is 0.295. The van der Waals surface area contributed by atoms with Crippen LogP contribution in [0.1, 0.15) is 29.5 Å².